The highest BCUT2D eigenvalue weighted by molar-refractivity contribution is 5.91. The number of nitrogens with zero attached hydrogens (tertiary/aromatic N) is 1. The van der Waals surface area contributed by atoms with Gasteiger partial charge in [0.15, 0.2) is 5.69 Å². The van der Waals surface area contributed by atoms with Crippen LogP contribution in [0.4, 0.5) is 13.2 Å². The number of carbonyl (C=O) groups excluding carboxylic acids is 1. The molecular weight excluding hydrogens is 335 g/mol. The van der Waals surface area contributed by atoms with Crippen molar-refractivity contribution in [2.24, 2.45) is 5.73 Å². The summed E-state index contributed by atoms with van der Waals surface area (Å²) in [4.78, 5) is 11.6. The monoisotopic (exact) mass is 349 g/mol. The fraction of sp³-hybridized carbons (Fsp3) is 0.286. The van der Waals surface area contributed by atoms with Gasteiger partial charge in [-0.05, 0) is 24.1 Å². The maximum absolute atomic E-state index is 12.6. The average Bonchev–Trinajstić information content (AvgIpc) is 3.00. The van der Waals surface area contributed by atoms with Gasteiger partial charge in [-0.25, -0.2) is 0 Å². The van der Waals surface area contributed by atoms with Crippen molar-refractivity contribution in [1.82, 2.24) is 10.5 Å². The molecule has 0 saturated carbocycles. The zero-order valence-electron chi connectivity index (χ0n) is 11.8. The van der Waals surface area contributed by atoms with Crippen molar-refractivity contribution in [3.63, 3.8) is 0 Å². The highest BCUT2D eigenvalue weighted by atomic mass is 35.5. The van der Waals surface area contributed by atoms with E-state index in [1.165, 1.54) is 24.5 Å². The van der Waals surface area contributed by atoms with E-state index >= 15 is 0 Å². The number of aromatic nitrogens is 1. The standard InChI is InChI=1S/C14H14F3N3O2.ClH/c15-14(16,17)10-3-1-2-9(8-10)11(18)4-6-19-13(21)12-5-7-22-20-12;/h1-3,5,7-8,11H,4,6,18H2,(H,19,21);1H. The number of benzene rings is 1. The van der Waals surface area contributed by atoms with Gasteiger partial charge in [0, 0.05) is 18.7 Å². The van der Waals surface area contributed by atoms with Crippen LogP contribution in [0.5, 0.6) is 0 Å². The molecule has 0 aliphatic heterocycles. The second-order valence-corrected chi connectivity index (χ2v) is 4.66. The summed E-state index contributed by atoms with van der Waals surface area (Å²) in [5, 5.41) is 6.03. The summed E-state index contributed by atoms with van der Waals surface area (Å²) in [5.74, 6) is -0.426. The number of nitrogens with one attached hydrogen (secondary N) is 1. The second-order valence-electron chi connectivity index (χ2n) is 4.66. The van der Waals surface area contributed by atoms with E-state index in [0.717, 1.165) is 12.1 Å². The minimum Gasteiger partial charge on any atom is -0.364 e. The lowest BCUT2D eigenvalue weighted by Crippen LogP contribution is -2.27. The van der Waals surface area contributed by atoms with Crippen LogP contribution in [0.15, 0.2) is 41.1 Å². The van der Waals surface area contributed by atoms with Crippen LogP contribution in [0.2, 0.25) is 0 Å². The lowest BCUT2D eigenvalue weighted by molar-refractivity contribution is -0.137. The Bertz CT molecular complexity index is 632. The summed E-state index contributed by atoms with van der Waals surface area (Å²) >= 11 is 0. The smallest absolute Gasteiger partial charge is 0.364 e. The topological polar surface area (TPSA) is 81.1 Å². The van der Waals surface area contributed by atoms with Crippen LogP contribution < -0.4 is 11.1 Å². The maximum Gasteiger partial charge on any atom is 0.416 e. The van der Waals surface area contributed by atoms with Crippen molar-refractivity contribution in [1.29, 1.82) is 0 Å². The Morgan fingerprint density at radius 2 is 2.09 bits per heavy atom. The van der Waals surface area contributed by atoms with Crippen molar-refractivity contribution in [2.75, 3.05) is 6.54 Å². The number of halogens is 4. The van der Waals surface area contributed by atoms with Gasteiger partial charge in [0.25, 0.3) is 5.91 Å². The van der Waals surface area contributed by atoms with Gasteiger partial charge in [-0.3, -0.25) is 4.79 Å². The molecule has 1 aromatic heterocycles. The van der Waals surface area contributed by atoms with Gasteiger partial charge in [-0.1, -0.05) is 17.3 Å². The summed E-state index contributed by atoms with van der Waals surface area (Å²) in [6.07, 6.45) is -2.84. The number of hydrogen-bond donors (Lipinski definition) is 2. The van der Waals surface area contributed by atoms with E-state index < -0.39 is 23.7 Å². The Hall–Kier alpha value is -2.06. The number of rotatable bonds is 5. The van der Waals surface area contributed by atoms with E-state index in [9.17, 15) is 18.0 Å². The molecule has 0 aliphatic rings. The Morgan fingerprint density at radius 1 is 1.35 bits per heavy atom. The first kappa shape index (κ1) is 19.0. The quantitative estimate of drug-likeness (QED) is 0.869. The molecule has 0 spiro atoms. The van der Waals surface area contributed by atoms with Crippen LogP contribution in [-0.2, 0) is 6.18 Å². The van der Waals surface area contributed by atoms with Crippen molar-refractivity contribution >= 4 is 18.3 Å². The molecule has 9 heteroatoms. The summed E-state index contributed by atoms with van der Waals surface area (Å²) < 4.78 is 42.4. The van der Waals surface area contributed by atoms with Gasteiger partial charge in [0.1, 0.15) is 6.26 Å². The number of alkyl halides is 3. The van der Waals surface area contributed by atoms with Gasteiger partial charge in [-0.15, -0.1) is 12.4 Å². The maximum atomic E-state index is 12.6. The number of amides is 1. The molecule has 2 aromatic rings. The molecule has 1 amide bonds. The molecular formula is C14H15ClF3N3O2. The molecule has 0 saturated heterocycles. The second kappa shape index (κ2) is 7.98. The van der Waals surface area contributed by atoms with Crippen molar-refractivity contribution < 1.29 is 22.5 Å². The molecule has 1 aromatic carbocycles. The third kappa shape index (κ3) is 5.26. The summed E-state index contributed by atoms with van der Waals surface area (Å²) in [7, 11) is 0. The van der Waals surface area contributed by atoms with Crippen LogP contribution in [-0.4, -0.2) is 17.6 Å². The molecule has 23 heavy (non-hydrogen) atoms. The molecule has 3 N–H and O–H groups in total. The molecule has 2 rings (SSSR count). The first-order valence-electron chi connectivity index (χ1n) is 6.49. The summed E-state index contributed by atoms with van der Waals surface area (Å²) in [6, 6.07) is 5.64. The van der Waals surface area contributed by atoms with E-state index in [1.54, 1.807) is 0 Å². The van der Waals surface area contributed by atoms with E-state index in [0.29, 0.717) is 12.0 Å². The molecule has 0 aliphatic carbocycles. The fourth-order valence-corrected chi connectivity index (χ4v) is 1.87. The predicted octanol–water partition coefficient (Wildman–Crippen LogP) is 2.94. The number of hydrogen-bond acceptors (Lipinski definition) is 4. The van der Waals surface area contributed by atoms with E-state index in [-0.39, 0.29) is 24.6 Å². The third-order valence-corrected chi connectivity index (χ3v) is 3.05. The highest BCUT2D eigenvalue weighted by Gasteiger charge is 2.30. The Labute approximate surface area is 136 Å². The zero-order valence-corrected chi connectivity index (χ0v) is 12.7. The van der Waals surface area contributed by atoms with Crippen LogP contribution >= 0.6 is 12.4 Å². The molecule has 1 heterocycles. The Kier molecular flexibility index (Phi) is 6.59. The van der Waals surface area contributed by atoms with Gasteiger partial charge in [0.05, 0.1) is 5.56 Å². The molecule has 0 fully saturated rings. The lowest BCUT2D eigenvalue weighted by Gasteiger charge is -2.14. The van der Waals surface area contributed by atoms with E-state index in [4.69, 9.17) is 5.73 Å². The predicted molar refractivity (Wildman–Crippen MR) is 79.1 cm³/mol. The first-order valence-corrected chi connectivity index (χ1v) is 6.49. The van der Waals surface area contributed by atoms with Crippen molar-refractivity contribution in [3.8, 4) is 0 Å². The van der Waals surface area contributed by atoms with Crippen LogP contribution in [0.3, 0.4) is 0 Å². The largest absolute Gasteiger partial charge is 0.416 e. The minimum atomic E-state index is -4.41. The highest BCUT2D eigenvalue weighted by Crippen LogP contribution is 2.30. The third-order valence-electron chi connectivity index (χ3n) is 3.05. The summed E-state index contributed by atoms with van der Waals surface area (Å²) in [5.41, 5.74) is 5.61. The Morgan fingerprint density at radius 3 is 2.70 bits per heavy atom. The minimum absolute atomic E-state index is 0. The van der Waals surface area contributed by atoms with Crippen LogP contribution in [0, 0.1) is 0 Å². The van der Waals surface area contributed by atoms with Gasteiger partial charge >= 0.3 is 6.18 Å². The number of carbonyl (C=O) groups is 1. The lowest BCUT2D eigenvalue weighted by atomic mass is 10.0. The first-order chi connectivity index (χ1) is 10.4. The van der Waals surface area contributed by atoms with Gasteiger partial charge in [-0.2, -0.15) is 13.2 Å². The van der Waals surface area contributed by atoms with Gasteiger partial charge < -0.3 is 15.6 Å². The van der Waals surface area contributed by atoms with E-state index in [2.05, 4.69) is 15.0 Å². The molecule has 1 atom stereocenters. The zero-order chi connectivity index (χ0) is 16.2. The van der Waals surface area contributed by atoms with Crippen molar-refractivity contribution in [3.05, 3.63) is 53.4 Å². The molecule has 0 bridgehead atoms. The molecule has 0 radical (unpaired) electrons. The average molecular weight is 350 g/mol. The molecule has 1 unspecified atom stereocenters. The normalized spacial score (nSPS) is 12.3. The van der Waals surface area contributed by atoms with E-state index in [1.807, 2.05) is 0 Å². The fourth-order valence-electron chi connectivity index (χ4n) is 1.87. The molecule has 126 valence electrons. The van der Waals surface area contributed by atoms with Crippen LogP contribution in [0.25, 0.3) is 0 Å². The molecule has 5 nitrogen and oxygen atoms in total. The Balaban J connectivity index is 0.00000264. The van der Waals surface area contributed by atoms with Gasteiger partial charge in [0.2, 0.25) is 0 Å². The SMILES string of the molecule is Cl.NC(CCNC(=O)c1ccon1)c1cccc(C(F)(F)F)c1. The number of nitrogens with two attached hydrogens (primary N) is 1. The van der Waals surface area contributed by atoms with Crippen LogP contribution in [0.1, 0.15) is 34.1 Å². The van der Waals surface area contributed by atoms with Crippen molar-refractivity contribution in [2.45, 2.75) is 18.6 Å². The summed E-state index contributed by atoms with van der Waals surface area (Å²) in [6.45, 7) is 0.211.